The van der Waals surface area contributed by atoms with Gasteiger partial charge in [-0.25, -0.2) is 0 Å². The largest absolute Gasteiger partial charge is 0.349 e. The predicted octanol–water partition coefficient (Wildman–Crippen LogP) is 2.51. The van der Waals surface area contributed by atoms with Gasteiger partial charge in [0.15, 0.2) is 0 Å². The first-order valence-electron chi connectivity index (χ1n) is 7.68. The van der Waals surface area contributed by atoms with Crippen molar-refractivity contribution < 1.29 is 9.59 Å². The lowest BCUT2D eigenvalue weighted by atomic mass is 10.00. The summed E-state index contributed by atoms with van der Waals surface area (Å²) in [5.74, 6) is 0.280. The molecule has 0 bridgehead atoms. The van der Waals surface area contributed by atoms with Crippen molar-refractivity contribution in [3.63, 3.8) is 0 Å². The van der Waals surface area contributed by atoms with Crippen molar-refractivity contribution in [2.75, 3.05) is 13.1 Å². The molecule has 21 heavy (non-hydrogen) atoms. The molecule has 2 rings (SSSR count). The molecule has 2 unspecified atom stereocenters. The van der Waals surface area contributed by atoms with Gasteiger partial charge in [0.1, 0.15) is 6.42 Å². The lowest BCUT2D eigenvalue weighted by Gasteiger charge is -2.31. The molecule has 0 aromatic heterocycles. The third kappa shape index (κ3) is 4.59. The lowest BCUT2D eigenvalue weighted by Crippen LogP contribution is -2.41. The van der Waals surface area contributed by atoms with Gasteiger partial charge in [0.05, 0.1) is 6.04 Å². The highest BCUT2D eigenvalue weighted by molar-refractivity contribution is 5.97. The number of amides is 2. The SMILES string of the molecule is CC1CCCN(C(=O)CC(=O)NC(C)c2ccccc2)C1. The number of rotatable bonds is 4. The molecule has 1 saturated heterocycles. The number of hydrogen-bond acceptors (Lipinski definition) is 2. The first-order valence-corrected chi connectivity index (χ1v) is 7.68. The van der Waals surface area contributed by atoms with Crippen LogP contribution in [0.25, 0.3) is 0 Å². The molecule has 4 nitrogen and oxygen atoms in total. The Morgan fingerprint density at radius 1 is 1.33 bits per heavy atom. The van der Waals surface area contributed by atoms with Gasteiger partial charge in [-0.3, -0.25) is 9.59 Å². The minimum absolute atomic E-state index is 0.0517. The predicted molar refractivity (Wildman–Crippen MR) is 82.6 cm³/mol. The number of nitrogens with one attached hydrogen (secondary N) is 1. The van der Waals surface area contributed by atoms with Crippen molar-refractivity contribution in [2.24, 2.45) is 5.92 Å². The fourth-order valence-electron chi connectivity index (χ4n) is 2.78. The maximum absolute atomic E-state index is 12.1. The van der Waals surface area contributed by atoms with Crippen LogP contribution in [0, 0.1) is 5.92 Å². The van der Waals surface area contributed by atoms with Crippen LogP contribution in [-0.4, -0.2) is 29.8 Å². The van der Waals surface area contributed by atoms with E-state index in [1.54, 1.807) is 0 Å². The smallest absolute Gasteiger partial charge is 0.232 e. The van der Waals surface area contributed by atoms with Crippen molar-refractivity contribution in [1.29, 1.82) is 0 Å². The van der Waals surface area contributed by atoms with E-state index < -0.39 is 0 Å². The number of benzene rings is 1. The Kier molecular flexibility index (Phi) is 5.37. The minimum atomic E-state index is -0.199. The Balaban J connectivity index is 1.82. The van der Waals surface area contributed by atoms with E-state index in [-0.39, 0.29) is 24.3 Å². The molecule has 0 aliphatic carbocycles. The quantitative estimate of drug-likeness (QED) is 0.865. The molecule has 1 fully saturated rings. The second-order valence-electron chi connectivity index (χ2n) is 5.96. The molecular weight excluding hydrogens is 264 g/mol. The highest BCUT2D eigenvalue weighted by Gasteiger charge is 2.23. The van der Waals surface area contributed by atoms with Crippen LogP contribution in [-0.2, 0) is 9.59 Å². The monoisotopic (exact) mass is 288 g/mol. The Bertz CT molecular complexity index is 487. The van der Waals surface area contributed by atoms with Gasteiger partial charge in [0.2, 0.25) is 11.8 Å². The van der Waals surface area contributed by atoms with E-state index in [1.807, 2.05) is 42.2 Å². The highest BCUT2D eigenvalue weighted by atomic mass is 16.2. The Morgan fingerprint density at radius 2 is 2.05 bits per heavy atom. The molecule has 2 amide bonds. The summed E-state index contributed by atoms with van der Waals surface area (Å²) in [5.41, 5.74) is 1.05. The summed E-state index contributed by atoms with van der Waals surface area (Å²) in [6.07, 6.45) is 2.15. The van der Waals surface area contributed by atoms with E-state index >= 15 is 0 Å². The van der Waals surface area contributed by atoms with Gasteiger partial charge in [-0.05, 0) is 31.2 Å². The molecule has 1 heterocycles. The molecule has 1 N–H and O–H groups in total. The summed E-state index contributed by atoms with van der Waals surface area (Å²) >= 11 is 0. The van der Waals surface area contributed by atoms with Crippen LogP contribution < -0.4 is 5.32 Å². The third-order valence-corrected chi connectivity index (χ3v) is 4.00. The number of likely N-dealkylation sites (tertiary alicyclic amines) is 1. The van der Waals surface area contributed by atoms with Crippen LogP contribution in [0.5, 0.6) is 0 Å². The van der Waals surface area contributed by atoms with Gasteiger partial charge >= 0.3 is 0 Å². The second kappa shape index (κ2) is 7.25. The summed E-state index contributed by atoms with van der Waals surface area (Å²) in [6, 6.07) is 9.69. The van der Waals surface area contributed by atoms with Crippen LogP contribution in [0.15, 0.2) is 30.3 Å². The van der Waals surface area contributed by atoms with Crippen LogP contribution in [0.1, 0.15) is 44.7 Å². The van der Waals surface area contributed by atoms with Crippen molar-refractivity contribution in [2.45, 2.75) is 39.2 Å². The average molecular weight is 288 g/mol. The van der Waals surface area contributed by atoms with Crippen molar-refractivity contribution in [3.8, 4) is 0 Å². The summed E-state index contributed by atoms with van der Waals surface area (Å²) in [5, 5.41) is 2.89. The van der Waals surface area contributed by atoms with E-state index in [0.717, 1.165) is 25.1 Å². The molecule has 1 aliphatic rings. The standard InChI is InChI=1S/C17H24N2O2/c1-13-7-6-10-19(12-13)17(21)11-16(20)18-14(2)15-8-4-3-5-9-15/h3-5,8-9,13-14H,6-7,10-12H2,1-2H3,(H,18,20). The molecule has 0 radical (unpaired) electrons. The van der Waals surface area contributed by atoms with Gasteiger partial charge in [0.25, 0.3) is 0 Å². The Hall–Kier alpha value is -1.84. The molecule has 1 aliphatic heterocycles. The van der Waals surface area contributed by atoms with Crippen LogP contribution >= 0.6 is 0 Å². The minimum Gasteiger partial charge on any atom is -0.349 e. The fraction of sp³-hybridized carbons (Fsp3) is 0.529. The Morgan fingerprint density at radius 3 is 2.71 bits per heavy atom. The van der Waals surface area contributed by atoms with E-state index in [4.69, 9.17) is 0 Å². The molecule has 114 valence electrons. The molecule has 4 heteroatoms. The van der Waals surface area contributed by atoms with Crippen LogP contribution in [0.2, 0.25) is 0 Å². The number of carbonyl (C=O) groups excluding carboxylic acids is 2. The molecule has 1 aromatic carbocycles. The maximum atomic E-state index is 12.1. The summed E-state index contributed by atoms with van der Waals surface area (Å²) in [6.45, 7) is 5.64. The van der Waals surface area contributed by atoms with Crippen molar-refractivity contribution >= 4 is 11.8 Å². The molecule has 0 spiro atoms. The van der Waals surface area contributed by atoms with E-state index in [1.165, 1.54) is 6.42 Å². The molecule has 2 atom stereocenters. The number of carbonyl (C=O) groups is 2. The summed E-state index contributed by atoms with van der Waals surface area (Å²) in [4.78, 5) is 26.0. The number of nitrogens with zero attached hydrogens (tertiary/aromatic N) is 1. The van der Waals surface area contributed by atoms with E-state index in [2.05, 4.69) is 12.2 Å². The third-order valence-electron chi connectivity index (χ3n) is 4.00. The van der Waals surface area contributed by atoms with E-state index in [9.17, 15) is 9.59 Å². The topological polar surface area (TPSA) is 49.4 Å². The highest BCUT2D eigenvalue weighted by Crippen LogP contribution is 2.16. The van der Waals surface area contributed by atoms with Crippen LogP contribution in [0.4, 0.5) is 0 Å². The number of piperidine rings is 1. The second-order valence-corrected chi connectivity index (χ2v) is 5.96. The fourth-order valence-corrected chi connectivity index (χ4v) is 2.78. The molecular formula is C17H24N2O2. The van der Waals surface area contributed by atoms with E-state index in [0.29, 0.717) is 5.92 Å². The van der Waals surface area contributed by atoms with Crippen molar-refractivity contribution in [1.82, 2.24) is 10.2 Å². The normalized spacial score (nSPS) is 19.9. The molecule has 1 aromatic rings. The average Bonchev–Trinajstić information content (AvgIpc) is 2.48. The van der Waals surface area contributed by atoms with Crippen molar-refractivity contribution in [3.05, 3.63) is 35.9 Å². The first kappa shape index (κ1) is 15.5. The van der Waals surface area contributed by atoms with Gasteiger partial charge in [-0.2, -0.15) is 0 Å². The maximum Gasteiger partial charge on any atom is 0.232 e. The zero-order valence-electron chi connectivity index (χ0n) is 12.8. The first-order chi connectivity index (χ1) is 10.1. The zero-order chi connectivity index (χ0) is 15.2. The lowest BCUT2D eigenvalue weighted by molar-refractivity contribution is -0.137. The van der Waals surface area contributed by atoms with Gasteiger partial charge in [-0.1, -0.05) is 37.3 Å². The van der Waals surface area contributed by atoms with Gasteiger partial charge < -0.3 is 10.2 Å². The molecule has 0 saturated carbocycles. The summed E-state index contributed by atoms with van der Waals surface area (Å²) < 4.78 is 0. The number of hydrogen-bond donors (Lipinski definition) is 1. The summed E-state index contributed by atoms with van der Waals surface area (Å²) in [7, 11) is 0. The zero-order valence-corrected chi connectivity index (χ0v) is 12.8. The Labute approximate surface area is 126 Å². The van der Waals surface area contributed by atoms with Crippen LogP contribution in [0.3, 0.4) is 0 Å². The van der Waals surface area contributed by atoms with Gasteiger partial charge in [-0.15, -0.1) is 0 Å². The van der Waals surface area contributed by atoms with Gasteiger partial charge in [0, 0.05) is 13.1 Å².